The smallest absolute Gasteiger partial charge is 0.186 e. The van der Waals surface area contributed by atoms with E-state index in [1.165, 1.54) is 6.42 Å². The number of thiazole rings is 1. The van der Waals surface area contributed by atoms with Gasteiger partial charge in [-0.3, -0.25) is 4.79 Å². The molecule has 0 atom stereocenters. The third kappa shape index (κ3) is 2.74. The highest BCUT2D eigenvalue weighted by Crippen LogP contribution is 2.39. The number of likely N-dealkylation sites (N-methyl/N-ethyl adjacent to an activating group) is 1. The summed E-state index contributed by atoms with van der Waals surface area (Å²) in [6.45, 7) is 8.60. The average Bonchev–Trinajstić information content (AvgIpc) is 2.63. The Kier molecular flexibility index (Phi) is 3.58. The van der Waals surface area contributed by atoms with E-state index in [2.05, 4.69) is 30.7 Å². The maximum atomic E-state index is 12.3. The van der Waals surface area contributed by atoms with Crippen LogP contribution in [0.1, 0.15) is 42.1 Å². The third-order valence-corrected chi connectivity index (χ3v) is 5.41. The van der Waals surface area contributed by atoms with Gasteiger partial charge in [0.1, 0.15) is 0 Å². The normalized spacial score (nSPS) is 23.6. The molecule has 1 aliphatic carbocycles. The molecule has 0 aromatic carbocycles. The van der Waals surface area contributed by atoms with Gasteiger partial charge in [0.05, 0.1) is 10.6 Å². The summed E-state index contributed by atoms with van der Waals surface area (Å²) in [4.78, 5) is 22.7. The lowest BCUT2D eigenvalue weighted by molar-refractivity contribution is 0.0916. The van der Waals surface area contributed by atoms with Crippen molar-refractivity contribution in [2.45, 2.75) is 33.1 Å². The molecule has 110 valence electrons. The van der Waals surface area contributed by atoms with Gasteiger partial charge in [-0.25, -0.2) is 4.98 Å². The molecule has 1 aliphatic heterocycles. The maximum absolute atomic E-state index is 12.3. The molecule has 0 unspecified atom stereocenters. The van der Waals surface area contributed by atoms with Crippen LogP contribution in [0.3, 0.4) is 0 Å². The number of carbonyl (C=O) groups is 1. The summed E-state index contributed by atoms with van der Waals surface area (Å²) in [5, 5.41) is 1.05. The number of anilines is 1. The average molecular weight is 293 g/mol. The van der Waals surface area contributed by atoms with E-state index < -0.39 is 0 Å². The standard InChI is InChI=1S/C15H23N3OS/c1-15(2)9-11-13(12(19)10-15)20-14(16-11)18-6-4-5-17(3)7-8-18/h4-10H2,1-3H3. The highest BCUT2D eigenvalue weighted by atomic mass is 32.1. The van der Waals surface area contributed by atoms with Crippen LogP contribution in [0.15, 0.2) is 0 Å². The molecular formula is C15H23N3OS. The van der Waals surface area contributed by atoms with Crippen LogP contribution >= 0.6 is 11.3 Å². The summed E-state index contributed by atoms with van der Waals surface area (Å²) in [7, 11) is 2.17. The number of rotatable bonds is 1. The molecule has 20 heavy (non-hydrogen) atoms. The quantitative estimate of drug-likeness (QED) is 0.797. The monoisotopic (exact) mass is 293 g/mol. The Bertz CT molecular complexity index is 523. The van der Waals surface area contributed by atoms with E-state index in [0.717, 1.165) is 48.3 Å². The van der Waals surface area contributed by atoms with Crippen LogP contribution in [0.25, 0.3) is 0 Å². The van der Waals surface area contributed by atoms with Gasteiger partial charge in [-0.05, 0) is 31.8 Å². The second-order valence-corrected chi connectivity index (χ2v) is 7.83. The Labute approximate surface area is 124 Å². The van der Waals surface area contributed by atoms with Gasteiger partial charge < -0.3 is 9.80 Å². The Balaban J connectivity index is 1.84. The zero-order chi connectivity index (χ0) is 14.3. The Hall–Kier alpha value is -0.940. The van der Waals surface area contributed by atoms with Crippen molar-refractivity contribution in [2.75, 3.05) is 38.1 Å². The van der Waals surface area contributed by atoms with Crippen molar-refractivity contribution < 1.29 is 4.79 Å². The summed E-state index contributed by atoms with van der Waals surface area (Å²) in [5.74, 6) is 0.284. The van der Waals surface area contributed by atoms with Crippen molar-refractivity contribution in [3.63, 3.8) is 0 Å². The summed E-state index contributed by atoms with van der Waals surface area (Å²) < 4.78 is 0. The van der Waals surface area contributed by atoms with Gasteiger partial charge in [-0.2, -0.15) is 0 Å². The number of carbonyl (C=O) groups excluding carboxylic acids is 1. The van der Waals surface area contributed by atoms with E-state index in [-0.39, 0.29) is 11.2 Å². The van der Waals surface area contributed by atoms with E-state index in [0.29, 0.717) is 6.42 Å². The van der Waals surface area contributed by atoms with Gasteiger partial charge in [-0.15, -0.1) is 0 Å². The van der Waals surface area contributed by atoms with E-state index in [1.807, 2.05) is 0 Å². The molecule has 0 amide bonds. The van der Waals surface area contributed by atoms with Crippen LogP contribution in [0.4, 0.5) is 5.13 Å². The van der Waals surface area contributed by atoms with Crippen LogP contribution < -0.4 is 4.90 Å². The SMILES string of the molecule is CN1CCCN(c2nc3c(s2)C(=O)CC(C)(C)C3)CC1. The molecule has 1 saturated heterocycles. The second-order valence-electron chi connectivity index (χ2n) is 6.86. The number of Topliss-reactive ketones (excluding diaryl/α,β-unsaturated/α-hetero) is 1. The fourth-order valence-corrected chi connectivity index (χ4v) is 4.15. The zero-order valence-corrected chi connectivity index (χ0v) is 13.4. The van der Waals surface area contributed by atoms with Crippen LogP contribution in [0.2, 0.25) is 0 Å². The largest absolute Gasteiger partial charge is 0.347 e. The van der Waals surface area contributed by atoms with Gasteiger partial charge in [0, 0.05) is 26.1 Å². The third-order valence-electron chi connectivity index (χ3n) is 4.21. The molecule has 0 radical (unpaired) electrons. The summed E-state index contributed by atoms with van der Waals surface area (Å²) in [5.41, 5.74) is 1.10. The van der Waals surface area contributed by atoms with E-state index in [4.69, 9.17) is 4.98 Å². The van der Waals surface area contributed by atoms with Gasteiger partial charge >= 0.3 is 0 Å². The highest BCUT2D eigenvalue weighted by molar-refractivity contribution is 7.17. The fourth-order valence-electron chi connectivity index (χ4n) is 3.08. The van der Waals surface area contributed by atoms with Crippen molar-refractivity contribution >= 4 is 22.3 Å². The predicted octanol–water partition coefficient (Wildman–Crippen LogP) is 2.44. The molecule has 1 aromatic rings. The summed E-state index contributed by atoms with van der Waals surface area (Å²) in [6, 6.07) is 0. The Morgan fingerprint density at radius 2 is 1.95 bits per heavy atom. The highest BCUT2D eigenvalue weighted by Gasteiger charge is 2.34. The van der Waals surface area contributed by atoms with Gasteiger partial charge in [-0.1, -0.05) is 25.2 Å². The minimum atomic E-state index is 0.0639. The Morgan fingerprint density at radius 3 is 2.75 bits per heavy atom. The molecule has 0 saturated carbocycles. The molecule has 4 nitrogen and oxygen atoms in total. The van der Waals surface area contributed by atoms with Gasteiger partial charge in [0.15, 0.2) is 10.9 Å². The van der Waals surface area contributed by atoms with Crippen LogP contribution in [0, 0.1) is 5.41 Å². The number of aromatic nitrogens is 1. The number of ketones is 1. The van der Waals surface area contributed by atoms with Crippen LogP contribution in [0.5, 0.6) is 0 Å². The second kappa shape index (κ2) is 5.11. The number of hydrogen-bond acceptors (Lipinski definition) is 5. The molecule has 3 rings (SSSR count). The summed E-state index contributed by atoms with van der Waals surface area (Å²) >= 11 is 1.61. The molecule has 0 spiro atoms. The maximum Gasteiger partial charge on any atom is 0.186 e. The topological polar surface area (TPSA) is 36.4 Å². The molecule has 2 heterocycles. The van der Waals surface area contributed by atoms with Crippen molar-refractivity contribution in [1.29, 1.82) is 0 Å². The number of nitrogens with zero attached hydrogens (tertiary/aromatic N) is 3. The first-order valence-electron chi connectivity index (χ1n) is 7.41. The first-order valence-corrected chi connectivity index (χ1v) is 8.23. The fraction of sp³-hybridized carbons (Fsp3) is 0.733. The lowest BCUT2D eigenvalue weighted by Crippen LogP contribution is -2.28. The van der Waals surface area contributed by atoms with Gasteiger partial charge in [0.25, 0.3) is 0 Å². The zero-order valence-electron chi connectivity index (χ0n) is 12.6. The lowest BCUT2D eigenvalue weighted by Gasteiger charge is -2.26. The number of fused-ring (bicyclic) bond motifs is 1. The molecular weight excluding hydrogens is 270 g/mol. The van der Waals surface area contributed by atoms with Crippen molar-refractivity contribution in [3.05, 3.63) is 10.6 Å². The number of hydrogen-bond donors (Lipinski definition) is 0. The van der Waals surface area contributed by atoms with Crippen molar-refractivity contribution in [3.8, 4) is 0 Å². The van der Waals surface area contributed by atoms with E-state index in [9.17, 15) is 4.79 Å². The Morgan fingerprint density at radius 1 is 1.15 bits per heavy atom. The van der Waals surface area contributed by atoms with Crippen molar-refractivity contribution in [2.24, 2.45) is 5.41 Å². The van der Waals surface area contributed by atoms with E-state index in [1.54, 1.807) is 11.3 Å². The van der Waals surface area contributed by atoms with Gasteiger partial charge in [0.2, 0.25) is 0 Å². The molecule has 0 N–H and O–H groups in total. The molecule has 0 bridgehead atoms. The first-order chi connectivity index (χ1) is 9.44. The van der Waals surface area contributed by atoms with E-state index >= 15 is 0 Å². The minimum Gasteiger partial charge on any atom is -0.347 e. The predicted molar refractivity (Wildman–Crippen MR) is 82.9 cm³/mol. The molecule has 2 aliphatic rings. The lowest BCUT2D eigenvalue weighted by atomic mass is 9.78. The summed E-state index contributed by atoms with van der Waals surface area (Å²) in [6.07, 6.45) is 2.75. The first kappa shape index (κ1) is 14.0. The molecule has 1 aromatic heterocycles. The van der Waals surface area contributed by atoms with Crippen LogP contribution in [-0.4, -0.2) is 48.9 Å². The molecule has 1 fully saturated rings. The molecule has 5 heteroatoms. The van der Waals surface area contributed by atoms with Crippen molar-refractivity contribution in [1.82, 2.24) is 9.88 Å². The van der Waals surface area contributed by atoms with Crippen LogP contribution in [-0.2, 0) is 6.42 Å². The minimum absolute atomic E-state index is 0.0639.